The molecule has 0 aliphatic heterocycles. The van der Waals surface area contributed by atoms with Crippen LogP contribution in [0.25, 0.3) is 0 Å². The van der Waals surface area contributed by atoms with Gasteiger partial charge in [0.05, 0.1) is 12.7 Å². The van der Waals surface area contributed by atoms with Crippen LogP contribution in [0.3, 0.4) is 0 Å². The van der Waals surface area contributed by atoms with Crippen LogP contribution in [0.5, 0.6) is 0 Å². The van der Waals surface area contributed by atoms with Crippen LogP contribution in [0.2, 0.25) is 0 Å². The predicted octanol–water partition coefficient (Wildman–Crippen LogP) is 2.38. The molecule has 0 spiro atoms. The van der Waals surface area contributed by atoms with Gasteiger partial charge in [0, 0.05) is 17.9 Å². The molecule has 4 nitrogen and oxygen atoms in total. The number of hydrogen-bond donors (Lipinski definition) is 3. The minimum Gasteiger partial charge on any atom is -0.396 e. The van der Waals surface area contributed by atoms with Crippen molar-refractivity contribution in [2.75, 3.05) is 13.2 Å². The normalized spacial score (nSPS) is 40.8. The van der Waals surface area contributed by atoms with E-state index in [1.165, 1.54) is 17.2 Å². The average Bonchev–Trinajstić information content (AvgIpc) is 2.87. The van der Waals surface area contributed by atoms with Gasteiger partial charge >= 0.3 is 0 Å². The molecule has 3 aliphatic carbocycles. The van der Waals surface area contributed by atoms with Gasteiger partial charge in [-0.15, -0.1) is 0 Å². The highest BCUT2D eigenvalue weighted by Gasteiger charge is 2.55. The third-order valence-corrected chi connectivity index (χ3v) is 7.07. The van der Waals surface area contributed by atoms with Crippen molar-refractivity contribution in [2.24, 2.45) is 22.7 Å². The quantitative estimate of drug-likeness (QED) is 0.693. The second-order valence-electron chi connectivity index (χ2n) is 8.55. The van der Waals surface area contributed by atoms with Crippen LogP contribution in [0, 0.1) is 22.7 Å². The number of aliphatic hydroxyl groups is 3. The van der Waals surface area contributed by atoms with Crippen molar-refractivity contribution in [3.8, 4) is 0 Å². The molecule has 3 aliphatic rings. The lowest BCUT2D eigenvalue weighted by Crippen LogP contribution is -2.44. The molecular weight excluding hydrogens is 304 g/mol. The van der Waals surface area contributed by atoms with Crippen LogP contribution in [-0.4, -0.2) is 40.4 Å². The fourth-order valence-electron chi connectivity index (χ4n) is 5.25. The van der Waals surface area contributed by atoms with E-state index < -0.39 is 11.5 Å². The zero-order valence-corrected chi connectivity index (χ0v) is 15.0. The smallest absolute Gasteiger partial charge is 0.162 e. The molecule has 0 heterocycles. The molecule has 3 rings (SSSR count). The summed E-state index contributed by atoms with van der Waals surface area (Å²) in [5.41, 5.74) is 2.61. The van der Waals surface area contributed by atoms with Gasteiger partial charge in [-0.25, -0.2) is 0 Å². The lowest BCUT2D eigenvalue weighted by atomic mass is 9.54. The van der Waals surface area contributed by atoms with E-state index in [4.69, 9.17) is 0 Å². The Bertz CT molecular complexity index is 605. The fourth-order valence-corrected chi connectivity index (χ4v) is 5.25. The summed E-state index contributed by atoms with van der Waals surface area (Å²) in [7, 11) is 0. The highest BCUT2D eigenvalue weighted by molar-refractivity contribution is 5.96. The summed E-state index contributed by atoms with van der Waals surface area (Å²) < 4.78 is 0. The molecule has 0 aromatic heterocycles. The molecule has 0 aromatic carbocycles. The fraction of sp³-hybridized carbons (Fsp3) is 0.750. The molecule has 1 saturated carbocycles. The standard InChI is InChI=1S/C20H30O4/c1-12(10-21)14-4-5-19(2)6-7-20(3)15(18(14)19)9-16(23)13(11-22)8-17(20)24/h8,12,15-16,21-23H,4-7,9-11H2,1-3H3/t12-,15+,16+,19+,20+/m0/s1. The molecule has 5 atom stereocenters. The molecule has 134 valence electrons. The summed E-state index contributed by atoms with van der Waals surface area (Å²) in [5, 5.41) is 29.7. The van der Waals surface area contributed by atoms with Gasteiger partial charge in [-0.3, -0.25) is 4.79 Å². The molecule has 0 radical (unpaired) electrons. The highest BCUT2D eigenvalue weighted by atomic mass is 16.3. The molecule has 1 fully saturated rings. The maximum Gasteiger partial charge on any atom is 0.162 e. The van der Waals surface area contributed by atoms with Crippen LogP contribution in [0.1, 0.15) is 52.9 Å². The van der Waals surface area contributed by atoms with Crippen molar-refractivity contribution in [1.29, 1.82) is 0 Å². The molecule has 3 N–H and O–H groups in total. The van der Waals surface area contributed by atoms with Gasteiger partial charge in [0.15, 0.2) is 5.78 Å². The maximum absolute atomic E-state index is 13.0. The molecular formula is C20H30O4. The first-order chi connectivity index (χ1) is 11.3. The highest BCUT2D eigenvalue weighted by Crippen LogP contribution is 2.62. The van der Waals surface area contributed by atoms with Gasteiger partial charge in [0.2, 0.25) is 0 Å². The van der Waals surface area contributed by atoms with E-state index in [2.05, 4.69) is 6.92 Å². The van der Waals surface area contributed by atoms with Crippen molar-refractivity contribution in [1.82, 2.24) is 0 Å². The summed E-state index contributed by atoms with van der Waals surface area (Å²) in [6, 6.07) is 0. The van der Waals surface area contributed by atoms with Crippen molar-refractivity contribution in [3.05, 3.63) is 22.8 Å². The number of aliphatic hydroxyl groups excluding tert-OH is 3. The first kappa shape index (κ1) is 17.8. The number of allylic oxidation sites excluding steroid dienone is 2. The SMILES string of the molecule is C[C@@H](CO)C1=C2[C@H]3C[C@@H](O)C(CO)=CC(=O)[C@]3(C)CC[C@@]2(C)CC1. The van der Waals surface area contributed by atoms with Gasteiger partial charge in [0.25, 0.3) is 0 Å². The Balaban J connectivity index is 2.12. The van der Waals surface area contributed by atoms with Crippen LogP contribution < -0.4 is 0 Å². The Kier molecular flexibility index (Phi) is 4.52. The lowest BCUT2D eigenvalue weighted by Gasteiger charge is -2.49. The first-order valence-electron chi connectivity index (χ1n) is 9.15. The number of ketones is 1. The number of hydrogen-bond acceptors (Lipinski definition) is 4. The Morgan fingerprint density at radius 2 is 1.96 bits per heavy atom. The van der Waals surface area contributed by atoms with Gasteiger partial charge in [-0.05, 0) is 55.1 Å². The largest absolute Gasteiger partial charge is 0.396 e. The van der Waals surface area contributed by atoms with Gasteiger partial charge in [-0.1, -0.05) is 31.9 Å². The molecule has 0 amide bonds. The summed E-state index contributed by atoms with van der Waals surface area (Å²) >= 11 is 0. The Labute approximate surface area is 144 Å². The van der Waals surface area contributed by atoms with Crippen LogP contribution in [0.15, 0.2) is 22.8 Å². The summed E-state index contributed by atoms with van der Waals surface area (Å²) in [5.74, 6) is 0.126. The van der Waals surface area contributed by atoms with E-state index in [1.54, 1.807) is 0 Å². The zero-order valence-electron chi connectivity index (χ0n) is 15.0. The Hall–Kier alpha value is -0.970. The number of rotatable bonds is 3. The van der Waals surface area contributed by atoms with E-state index in [0.717, 1.165) is 25.7 Å². The van der Waals surface area contributed by atoms with Crippen molar-refractivity contribution in [2.45, 2.75) is 59.0 Å². The van der Waals surface area contributed by atoms with E-state index in [0.29, 0.717) is 12.0 Å². The van der Waals surface area contributed by atoms with Gasteiger partial charge in [0.1, 0.15) is 0 Å². The molecule has 0 bridgehead atoms. The van der Waals surface area contributed by atoms with E-state index in [-0.39, 0.29) is 36.2 Å². The number of fused-ring (bicyclic) bond motifs is 3. The van der Waals surface area contributed by atoms with E-state index in [1.807, 2.05) is 13.8 Å². The summed E-state index contributed by atoms with van der Waals surface area (Å²) in [4.78, 5) is 13.0. The predicted molar refractivity (Wildman–Crippen MR) is 92.2 cm³/mol. The van der Waals surface area contributed by atoms with Gasteiger partial charge in [-0.2, -0.15) is 0 Å². The topological polar surface area (TPSA) is 77.8 Å². The molecule has 0 unspecified atom stereocenters. The maximum atomic E-state index is 13.0. The average molecular weight is 334 g/mol. The summed E-state index contributed by atoms with van der Waals surface area (Å²) in [6.45, 7) is 6.20. The molecule has 0 aromatic rings. The Morgan fingerprint density at radius 3 is 2.58 bits per heavy atom. The number of carbonyl (C=O) groups is 1. The van der Waals surface area contributed by atoms with Crippen molar-refractivity contribution < 1.29 is 20.1 Å². The van der Waals surface area contributed by atoms with Crippen LogP contribution in [0.4, 0.5) is 0 Å². The first-order valence-corrected chi connectivity index (χ1v) is 9.15. The van der Waals surface area contributed by atoms with Crippen molar-refractivity contribution >= 4 is 5.78 Å². The lowest BCUT2D eigenvalue weighted by molar-refractivity contribution is -0.127. The second kappa shape index (κ2) is 6.08. The minimum absolute atomic E-state index is 0.00875. The third-order valence-electron chi connectivity index (χ3n) is 7.07. The monoisotopic (exact) mass is 334 g/mol. The van der Waals surface area contributed by atoms with Crippen molar-refractivity contribution in [3.63, 3.8) is 0 Å². The van der Waals surface area contributed by atoms with E-state index >= 15 is 0 Å². The number of carbonyl (C=O) groups excluding carboxylic acids is 1. The molecule has 0 saturated heterocycles. The second-order valence-corrected chi connectivity index (χ2v) is 8.55. The summed E-state index contributed by atoms with van der Waals surface area (Å²) in [6.07, 6.45) is 5.04. The van der Waals surface area contributed by atoms with Crippen LogP contribution in [-0.2, 0) is 4.79 Å². The third kappa shape index (κ3) is 2.51. The zero-order chi connectivity index (χ0) is 17.7. The Morgan fingerprint density at radius 1 is 1.25 bits per heavy atom. The van der Waals surface area contributed by atoms with Crippen LogP contribution >= 0.6 is 0 Å². The minimum atomic E-state index is -0.771. The molecule has 4 heteroatoms. The van der Waals surface area contributed by atoms with E-state index in [9.17, 15) is 20.1 Å². The van der Waals surface area contributed by atoms with Gasteiger partial charge < -0.3 is 15.3 Å². The molecule has 24 heavy (non-hydrogen) atoms.